The van der Waals surface area contributed by atoms with Crippen LogP contribution in [0.25, 0.3) is 0 Å². The van der Waals surface area contributed by atoms with Crippen molar-refractivity contribution in [3.63, 3.8) is 0 Å². The highest BCUT2D eigenvalue weighted by atomic mass is 16.1. The van der Waals surface area contributed by atoms with E-state index in [1.165, 1.54) is 6.08 Å². The topological polar surface area (TPSA) is 69.1 Å². The summed E-state index contributed by atoms with van der Waals surface area (Å²) in [7, 11) is 0. The van der Waals surface area contributed by atoms with Gasteiger partial charge in [0, 0.05) is 17.2 Å². The van der Waals surface area contributed by atoms with Gasteiger partial charge in [0.1, 0.15) is 0 Å². The van der Waals surface area contributed by atoms with Crippen LogP contribution >= 0.6 is 0 Å². The van der Waals surface area contributed by atoms with Crippen molar-refractivity contribution in [3.05, 3.63) is 11.8 Å². The van der Waals surface area contributed by atoms with E-state index < -0.39 is 5.91 Å². The number of carbonyl (C=O) groups excluding carboxylic acids is 1. The van der Waals surface area contributed by atoms with Crippen LogP contribution < -0.4 is 11.5 Å². The molecular formula is C7H14N2O. The molecule has 0 spiro atoms. The third kappa shape index (κ3) is 3.12. The molecule has 0 saturated carbocycles. The van der Waals surface area contributed by atoms with Crippen molar-refractivity contribution in [2.24, 2.45) is 16.9 Å². The number of carbonyl (C=O) groups is 1. The quantitative estimate of drug-likeness (QED) is 0.519. The van der Waals surface area contributed by atoms with Crippen molar-refractivity contribution in [3.8, 4) is 0 Å². The highest BCUT2D eigenvalue weighted by Gasteiger charge is 2.13. The SMILES string of the molecule is CC(C)(C)/C(N)=C/C(N)=O. The normalized spacial score (nSPS) is 13.3. The average molecular weight is 142 g/mol. The lowest BCUT2D eigenvalue weighted by Gasteiger charge is -2.17. The van der Waals surface area contributed by atoms with Gasteiger partial charge in [0.05, 0.1) is 0 Å². The molecule has 0 rings (SSSR count). The van der Waals surface area contributed by atoms with Crippen LogP contribution in [0.3, 0.4) is 0 Å². The van der Waals surface area contributed by atoms with Gasteiger partial charge < -0.3 is 11.5 Å². The summed E-state index contributed by atoms with van der Waals surface area (Å²) >= 11 is 0. The third-order valence-electron chi connectivity index (χ3n) is 1.16. The zero-order valence-corrected chi connectivity index (χ0v) is 6.64. The molecular weight excluding hydrogens is 128 g/mol. The number of hydrogen-bond acceptors (Lipinski definition) is 2. The van der Waals surface area contributed by atoms with Crippen LogP contribution in [0.2, 0.25) is 0 Å². The third-order valence-corrected chi connectivity index (χ3v) is 1.16. The van der Waals surface area contributed by atoms with E-state index in [0.29, 0.717) is 5.70 Å². The van der Waals surface area contributed by atoms with Gasteiger partial charge in [0.15, 0.2) is 0 Å². The van der Waals surface area contributed by atoms with Crippen LogP contribution in [0.5, 0.6) is 0 Å². The summed E-state index contributed by atoms with van der Waals surface area (Å²) in [5.74, 6) is -0.493. The predicted molar refractivity (Wildman–Crippen MR) is 40.9 cm³/mol. The van der Waals surface area contributed by atoms with Crippen molar-refractivity contribution in [2.45, 2.75) is 20.8 Å². The second-order valence-corrected chi connectivity index (χ2v) is 3.25. The van der Waals surface area contributed by atoms with Crippen LogP contribution in [0, 0.1) is 5.41 Å². The summed E-state index contributed by atoms with van der Waals surface area (Å²) in [6, 6.07) is 0. The van der Waals surface area contributed by atoms with Gasteiger partial charge in [-0.05, 0) is 0 Å². The fourth-order valence-electron chi connectivity index (χ4n) is 0.370. The summed E-state index contributed by atoms with van der Waals surface area (Å²) < 4.78 is 0. The lowest BCUT2D eigenvalue weighted by atomic mass is 9.92. The van der Waals surface area contributed by atoms with Crippen LogP contribution in [0.15, 0.2) is 11.8 Å². The smallest absolute Gasteiger partial charge is 0.243 e. The van der Waals surface area contributed by atoms with E-state index >= 15 is 0 Å². The molecule has 0 bridgehead atoms. The number of hydrogen-bond donors (Lipinski definition) is 2. The van der Waals surface area contributed by atoms with E-state index in [1.54, 1.807) is 0 Å². The molecule has 0 unspecified atom stereocenters. The Kier molecular flexibility index (Phi) is 2.46. The van der Waals surface area contributed by atoms with Gasteiger partial charge in [-0.25, -0.2) is 0 Å². The van der Waals surface area contributed by atoms with E-state index in [-0.39, 0.29) is 5.41 Å². The maximum absolute atomic E-state index is 10.3. The van der Waals surface area contributed by atoms with Crippen molar-refractivity contribution < 1.29 is 4.79 Å². The Labute approximate surface area is 61.1 Å². The molecule has 0 aliphatic rings. The molecule has 0 aliphatic heterocycles. The first kappa shape index (κ1) is 9.01. The van der Waals surface area contributed by atoms with E-state index in [9.17, 15) is 4.79 Å². The van der Waals surface area contributed by atoms with Crippen molar-refractivity contribution in [1.29, 1.82) is 0 Å². The van der Waals surface area contributed by atoms with Crippen molar-refractivity contribution >= 4 is 5.91 Å². The molecule has 4 N–H and O–H groups in total. The molecule has 0 radical (unpaired) electrons. The van der Waals surface area contributed by atoms with Crippen LogP contribution in [-0.4, -0.2) is 5.91 Å². The van der Waals surface area contributed by atoms with E-state index in [0.717, 1.165) is 0 Å². The van der Waals surface area contributed by atoms with Gasteiger partial charge in [-0.1, -0.05) is 20.8 Å². The molecule has 0 aromatic rings. The molecule has 0 heterocycles. The summed E-state index contributed by atoms with van der Waals surface area (Å²) in [5, 5.41) is 0. The van der Waals surface area contributed by atoms with Crippen molar-refractivity contribution in [1.82, 2.24) is 0 Å². The maximum Gasteiger partial charge on any atom is 0.243 e. The number of primary amides is 1. The standard InChI is InChI=1S/C7H14N2O/c1-7(2,3)5(8)4-6(9)10/h4H,8H2,1-3H3,(H2,9,10)/b5-4-. The number of amides is 1. The zero-order valence-electron chi connectivity index (χ0n) is 6.64. The lowest BCUT2D eigenvalue weighted by Crippen LogP contribution is -2.20. The molecule has 1 amide bonds. The zero-order chi connectivity index (χ0) is 8.36. The molecule has 3 nitrogen and oxygen atoms in total. The van der Waals surface area contributed by atoms with Crippen LogP contribution in [0.4, 0.5) is 0 Å². The van der Waals surface area contributed by atoms with Gasteiger partial charge in [0.25, 0.3) is 0 Å². The Morgan fingerprint density at radius 3 is 1.80 bits per heavy atom. The molecule has 58 valence electrons. The number of nitrogens with two attached hydrogens (primary N) is 2. The van der Waals surface area contributed by atoms with Crippen LogP contribution in [-0.2, 0) is 4.79 Å². The van der Waals surface area contributed by atoms with Gasteiger partial charge in [-0.3, -0.25) is 4.79 Å². The first-order valence-corrected chi connectivity index (χ1v) is 3.11. The Bertz CT molecular complexity index is 165. The molecule has 0 fully saturated rings. The minimum atomic E-state index is -0.493. The minimum absolute atomic E-state index is 0.172. The average Bonchev–Trinajstić information content (AvgIpc) is 1.60. The summed E-state index contributed by atoms with van der Waals surface area (Å²) in [4.78, 5) is 10.3. The maximum atomic E-state index is 10.3. The largest absolute Gasteiger partial charge is 0.401 e. The monoisotopic (exact) mass is 142 g/mol. The highest BCUT2D eigenvalue weighted by Crippen LogP contribution is 2.19. The number of allylic oxidation sites excluding steroid dienone is 1. The Hall–Kier alpha value is -0.990. The van der Waals surface area contributed by atoms with Gasteiger partial charge in [-0.2, -0.15) is 0 Å². The van der Waals surface area contributed by atoms with Crippen LogP contribution in [0.1, 0.15) is 20.8 Å². The molecule has 0 saturated heterocycles. The minimum Gasteiger partial charge on any atom is -0.401 e. The van der Waals surface area contributed by atoms with Crippen molar-refractivity contribution in [2.75, 3.05) is 0 Å². The molecule has 0 atom stereocenters. The Morgan fingerprint density at radius 2 is 1.70 bits per heavy atom. The Morgan fingerprint density at radius 1 is 1.30 bits per heavy atom. The predicted octanol–water partition coefficient (Wildman–Crippen LogP) is 0.360. The van der Waals surface area contributed by atoms with E-state index in [4.69, 9.17) is 11.5 Å². The fraction of sp³-hybridized carbons (Fsp3) is 0.571. The highest BCUT2D eigenvalue weighted by molar-refractivity contribution is 5.86. The van der Waals surface area contributed by atoms with E-state index in [1.807, 2.05) is 20.8 Å². The second kappa shape index (κ2) is 2.73. The van der Waals surface area contributed by atoms with Gasteiger partial charge in [-0.15, -0.1) is 0 Å². The molecule has 0 aromatic heterocycles. The molecule has 0 aliphatic carbocycles. The summed E-state index contributed by atoms with van der Waals surface area (Å²) in [6.07, 6.45) is 1.25. The number of rotatable bonds is 1. The molecule has 3 heteroatoms. The first-order valence-electron chi connectivity index (χ1n) is 3.11. The lowest BCUT2D eigenvalue weighted by molar-refractivity contribution is -0.113. The Balaban J connectivity index is 4.35. The van der Waals surface area contributed by atoms with Gasteiger partial charge >= 0.3 is 0 Å². The molecule has 10 heavy (non-hydrogen) atoms. The summed E-state index contributed by atoms with van der Waals surface area (Å²) in [6.45, 7) is 5.76. The molecule has 0 aromatic carbocycles. The van der Waals surface area contributed by atoms with Gasteiger partial charge in [0.2, 0.25) is 5.91 Å². The fourth-order valence-corrected chi connectivity index (χ4v) is 0.370. The first-order chi connectivity index (χ1) is 4.34. The van der Waals surface area contributed by atoms with E-state index in [2.05, 4.69) is 0 Å². The second-order valence-electron chi connectivity index (χ2n) is 3.25. The summed E-state index contributed by atoms with van der Waals surface area (Å²) in [5.41, 5.74) is 10.7.